The third kappa shape index (κ3) is 25.2. The monoisotopic (exact) mass is 240 g/mol. The summed E-state index contributed by atoms with van der Waals surface area (Å²) in [4.78, 5) is 10.2. The van der Waals surface area contributed by atoms with Crippen LogP contribution in [-0.2, 0) is 4.79 Å². The summed E-state index contributed by atoms with van der Waals surface area (Å²) < 4.78 is 0. The molecular weight excluding hydrogens is 212 g/mol. The molecule has 0 aromatic rings. The molecular formula is C15H28O2. The summed E-state index contributed by atoms with van der Waals surface area (Å²) >= 11 is 0. The van der Waals surface area contributed by atoms with Gasteiger partial charge < -0.3 is 5.11 Å². The van der Waals surface area contributed by atoms with Crippen LogP contribution in [-0.4, -0.2) is 11.1 Å². The zero-order valence-electron chi connectivity index (χ0n) is 11.8. The summed E-state index contributed by atoms with van der Waals surface area (Å²) in [6.07, 6.45) is 8.13. The van der Waals surface area contributed by atoms with Crippen molar-refractivity contribution in [2.24, 2.45) is 0 Å². The first-order valence-corrected chi connectivity index (χ1v) is 6.35. The van der Waals surface area contributed by atoms with Gasteiger partial charge in [0, 0.05) is 6.42 Å². The molecule has 0 atom stereocenters. The summed E-state index contributed by atoms with van der Waals surface area (Å²) in [6, 6.07) is 0. The van der Waals surface area contributed by atoms with E-state index in [1.807, 2.05) is 39.8 Å². The molecule has 0 rings (SSSR count). The summed E-state index contributed by atoms with van der Waals surface area (Å²) in [5, 5.41) is 8.37. The van der Waals surface area contributed by atoms with E-state index in [1.54, 1.807) is 6.08 Å². The topological polar surface area (TPSA) is 37.3 Å². The Morgan fingerprint density at radius 3 is 2.00 bits per heavy atom. The van der Waals surface area contributed by atoms with Crippen LogP contribution in [0.3, 0.4) is 0 Å². The molecule has 0 spiro atoms. The van der Waals surface area contributed by atoms with Gasteiger partial charge in [0.2, 0.25) is 0 Å². The van der Waals surface area contributed by atoms with Crippen molar-refractivity contribution in [1.29, 1.82) is 0 Å². The Hall–Kier alpha value is -1.31. The lowest BCUT2D eigenvalue weighted by molar-refractivity contribution is -0.137. The molecule has 0 aromatic heterocycles. The van der Waals surface area contributed by atoms with Crippen LogP contribution < -0.4 is 0 Å². The molecule has 100 valence electrons. The van der Waals surface area contributed by atoms with E-state index in [0.29, 0.717) is 0 Å². The van der Waals surface area contributed by atoms with E-state index in [1.165, 1.54) is 0 Å². The molecule has 0 bridgehead atoms. The Kier molecular flexibility index (Phi) is 24.9. The second kappa shape index (κ2) is 20.1. The van der Waals surface area contributed by atoms with Gasteiger partial charge in [0.15, 0.2) is 0 Å². The van der Waals surface area contributed by atoms with E-state index in [0.717, 1.165) is 24.8 Å². The Morgan fingerprint density at radius 2 is 1.59 bits per heavy atom. The van der Waals surface area contributed by atoms with Gasteiger partial charge in [0.1, 0.15) is 0 Å². The zero-order valence-corrected chi connectivity index (χ0v) is 11.8. The van der Waals surface area contributed by atoms with Crippen molar-refractivity contribution >= 4 is 5.97 Å². The number of aliphatic carboxylic acids is 1. The highest BCUT2D eigenvalue weighted by atomic mass is 16.4. The number of allylic oxidation sites excluding steroid dienone is 4. The van der Waals surface area contributed by atoms with E-state index in [4.69, 9.17) is 5.11 Å². The van der Waals surface area contributed by atoms with Crippen molar-refractivity contribution in [2.75, 3.05) is 0 Å². The maximum Gasteiger partial charge on any atom is 0.303 e. The van der Waals surface area contributed by atoms with Gasteiger partial charge >= 0.3 is 5.97 Å². The minimum absolute atomic E-state index is 0.248. The molecule has 0 unspecified atom stereocenters. The fraction of sp³-hybridized carbons (Fsp3) is 0.533. The molecule has 0 aliphatic carbocycles. The van der Waals surface area contributed by atoms with Crippen LogP contribution in [0.4, 0.5) is 0 Å². The van der Waals surface area contributed by atoms with Crippen LogP contribution in [0.2, 0.25) is 0 Å². The van der Waals surface area contributed by atoms with Gasteiger partial charge in [-0.05, 0) is 19.3 Å². The Morgan fingerprint density at radius 1 is 1.12 bits per heavy atom. The fourth-order valence-electron chi connectivity index (χ4n) is 0.916. The number of hydrogen-bond donors (Lipinski definition) is 1. The van der Waals surface area contributed by atoms with Gasteiger partial charge in [-0.3, -0.25) is 4.79 Å². The van der Waals surface area contributed by atoms with Crippen molar-refractivity contribution < 1.29 is 9.90 Å². The maximum absolute atomic E-state index is 10.2. The molecule has 0 heterocycles. The average molecular weight is 240 g/mol. The number of unbranched alkanes of at least 4 members (excludes halogenated alkanes) is 1. The van der Waals surface area contributed by atoms with E-state index in [-0.39, 0.29) is 6.42 Å². The molecule has 1 N–H and O–H groups in total. The molecule has 0 radical (unpaired) electrons. The van der Waals surface area contributed by atoms with Gasteiger partial charge in [-0.2, -0.15) is 0 Å². The lowest BCUT2D eigenvalue weighted by Gasteiger charge is -1.98. The quantitative estimate of drug-likeness (QED) is 0.503. The molecule has 0 saturated heterocycles. The maximum atomic E-state index is 10.2. The highest BCUT2D eigenvalue weighted by Crippen LogP contribution is 2.08. The van der Waals surface area contributed by atoms with Gasteiger partial charge in [0.25, 0.3) is 0 Å². The third-order valence-corrected chi connectivity index (χ3v) is 1.61. The molecule has 0 saturated carbocycles. The summed E-state index contributed by atoms with van der Waals surface area (Å²) in [5.74, 6) is -0.729. The first kappa shape index (κ1) is 21.0. The Balaban J connectivity index is -0.000000439. The highest BCUT2D eigenvalue weighted by molar-refractivity contribution is 5.66. The molecule has 2 nitrogen and oxygen atoms in total. The number of rotatable bonds is 7. The van der Waals surface area contributed by atoms with Crippen LogP contribution in [0.15, 0.2) is 37.0 Å². The third-order valence-electron chi connectivity index (χ3n) is 1.61. The van der Waals surface area contributed by atoms with Crippen molar-refractivity contribution in [3.05, 3.63) is 37.0 Å². The van der Waals surface area contributed by atoms with Crippen molar-refractivity contribution in [2.45, 2.75) is 53.4 Å². The number of carbonyl (C=O) groups is 1. The van der Waals surface area contributed by atoms with Crippen molar-refractivity contribution in [1.82, 2.24) is 0 Å². The van der Waals surface area contributed by atoms with E-state index < -0.39 is 5.97 Å². The second-order valence-electron chi connectivity index (χ2n) is 2.85. The number of hydrogen-bond acceptors (Lipinski definition) is 1. The molecule has 2 heteroatoms. The highest BCUT2D eigenvalue weighted by Gasteiger charge is 1.96. The van der Waals surface area contributed by atoms with E-state index in [2.05, 4.69) is 13.2 Å². The van der Waals surface area contributed by atoms with Crippen LogP contribution in [0.1, 0.15) is 53.4 Å². The van der Waals surface area contributed by atoms with Crippen LogP contribution in [0.5, 0.6) is 0 Å². The van der Waals surface area contributed by atoms with Crippen molar-refractivity contribution in [3.63, 3.8) is 0 Å². The molecule has 0 fully saturated rings. The summed E-state index contributed by atoms with van der Waals surface area (Å²) in [5.41, 5.74) is 1.02. The van der Waals surface area contributed by atoms with Crippen LogP contribution in [0, 0.1) is 0 Å². The molecule has 0 aliphatic rings. The molecule has 0 amide bonds. The predicted octanol–water partition coefficient (Wildman–Crippen LogP) is 4.98. The van der Waals surface area contributed by atoms with E-state index >= 15 is 0 Å². The normalized spacial score (nSPS) is 8.47. The predicted molar refractivity (Wildman–Crippen MR) is 77.3 cm³/mol. The van der Waals surface area contributed by atoms with Crippen LogP contribution >= 0.6 is 0 Å². The second-order valence-corrected chi connectivity index (χ2v) is 2.85. The Bertz CT molecular complexity index is 215. The summed E-state index contributed by atoms with van der Waals surface area (Å²) in [6.45, 7) is 15.4. The number of carboxylic acid groups (broad SMARTS) is 1. The Labute approximate surface area is 107 Å². The van der Waals surface area contributed by atoms with Gasteiger partial charge in [-0.1, -0.05) is 64.7 Å². The standard InChI is InChI=1S/C11H16O2.2C2H6/c1-3-4-7-10(2)8-5-6-9-11(12)13;2*1-2/h3-4,7H,1-2,5-6,8-9H2,(H,12,13);2*1-2H3/b7-4-;;. The molecule has 0 aliphatic heterocycles. The van der Waals surface area contributed by atoms with Gasteiger partial charge in [-0.15, -0.1) is 0 Å². The van der Waals surface area contributed by atoms with Crippen LogP contribution in [0.25, 0.3) is 0 Å². The SMILES string of the molecule is C=C/C=C\C(=C)CCCCC(=O)O.CC.CC. The van der Waals surface area contributed by atoms with E-state index in [9.17, 15) is 4.79 Å². The molecule has 17 heavy (non-hydrogen) atoms. The number of carboxylic acids is 1. The first-order chi connectivity index (χ1) is 8.16. The minimum Gasteiger partial charge on any atom is -0.481 e. The lowest BCUT2D eigenvalue weighted by atomic mass is 10.1. The largest absolute Gasteiger partial charge is 0.481 e. The smallest absolute Gasteiger partial charge is 0.303 e. The average Bonchev–Trinajstić information content (AvgIpc) is 2.37. The van der Waals surface area contributed by atoms with Crippen molar-refractivity contribution in [3.8, 4) is 0 Å². The lowest BCUT2D eigenvalue weighted by Crippen LogP contribution is -1.93. The molecule has 0 aromatic carbocycles. The fourth-order valence-corrected chi connectivity index (χ4v) is 0.916. The van der Waals surface area contributed by atoms with Gasteiger partial charge in [-0.25, -0.2) is 0 Å². The first-order valence-electron chi connectivity index (χ1n) is 6.35. The zero-order chi connectivity index (χ0) is 14.1. The van der Waals surface area contributed by atoms with Gasteiger partial charge in [0.05, 0.1) is 0 Å². The summed E-state index contributed by atoms with van der Waals surface area (Å²) in [7, 11) is 0. The minimum atomic E-state index is -0.729.